The summed E-state index contributed by atoms with van der Waals surface area (Å²) in [7, 11) is 0. The Morgan fingerprint density at radius 2 is 2.00 bits per heavy atom. The van der Waals surface area contributed by atoms with Gasteiger partial charge in [0, 0.05) is 18.4 Å². The Hall–Kier alpha value is -2.83. The highest BCUT2D eigenvalue weighted by Gasteiger charge is 2.39. The van der Waals surface area contributed by atoms with Crippen LogP contribution in [-0.2, 0) is 16.0 Å². The van der Waals surface area contributed by atoms with E-state index in [2.05, 4.69) is 5.16 Å². The van der Waals surface area contributed by atoms with Crippen molar-refractivity contribution in [1.29, 1.82) is 0 Å². The molecule has 0 spiro atoms. The van der Waals surface area contributed by atoms with Crippen LogP contribution in [0.2, 0.25) is 0 Å². The smallest absolute Gasteiger partial charge is 0.416 e. The first-order valence-electron chi connectivity index (χ1n) is 9.10. The molecule has 0 radical (unpaired) electrons. The maximum absolute atomic E-state index is 12.6. The zero-order chi connectivity index (χ0) is 19.6. The second kappa shape index (κ2) is 7.82. The summed E-state index contributed by atoms with van der Waals surface area (Å²) in [6.45, 7) is 6.01. The molecule has 27 heavy (non-hydrogen) atoms. The minimum Gasteiger partial charge on any atom is -0.503 e. The molecule has 0 saturated carbocycles. The first kappa shape index (κ1) is 18.9. The lowest BCUT2D eigenvalue weighted by molar-refractivity contribution is -0.130. The Balaban J connectivity index is 1.66. The SMILES string of the molecule is CC(C)[C@@H]1COC(=O)N1C(=O)C[C@H](C)Cc1onc(-c2ccccc2)c1O. The van der Waals surface area contributed by atoms with Crippen molar-refractivity contribution in [3.05, 3.63) is 36.1 Å². The van der Waals surface area contributed by atoms with E-state index in [9.17, 15) is 14.7 Å². The van der Waals surface area contributed by atoms with E-state index >= 15 is 0 Å². The molecule has 1 saturated heterocycles. The summed E-state index contributed by atoms with van der Waals surface area (Å²) in [6.07, 6.45) is -0.0917. The monoisotopic (exact) mass is 372 g/mol. The Labute approximate surface area is 157 Å². The van der Waals surface area contributed by atoms with Crippen LogP contribution in [0.4, 0.5) is 4.79 Å². The molecule has 0 bridgehead atoms. The Morgan fingerprint density at radius 1 is 1.30 bits per heavy atom. The maximum atomic E-state index is 12.6. The van der Waals surface area contributed by atoms with Gasteiger partial charge in [-0.25, -0.2) is 9.69 Å². The molecule has 1 fully saturated rings. The number of aromatic nitrogens is 1. The number of benzene rings is 1. The van der Waals surface area contributed by atoms with Crippen molar-refractivity contribution in [3.8, 4) is 17.0 Å². The standard InChI is InChI=1S/C20H24N2O5/c1-12(2)15-11-26-20(25)22(15)17(23)10-13(3)9-16-19(24)18(21-27-16)14-7-5-4-6-8-14/h4-8,12-13,15,24H,9-11H2,1-3H3/t13-,15+/m1/s1. The Kier molecular flexibility index (Phi) is 5.48. The highest BCUT2D eigenvalue weighted by Crippen LogP contribution is 2.33. The van der Waals surface area contributed by atoms with Crippen molar-refractivity contribution in [3.63, 3.8) is 0 Å². The first-order valence-corrected chi connectivity index (χ1v) is 9.10. The van der Waals surface area contributed by atoms with E-state index in [0.29, 0.717) is 17.9 Å². The van der Waals surface area contributed by atoms with E-state index in [0.717, 1.165) is 5.56 Å². The fourth-order valence-corrected chi connectivity index (χ4v) is 3.24. The summed E-state index contributed by atoms with van der Waals surface area (Å²) in [5.41, 5.74) is 1.14. The predicted molar refractivity (Wildman–Crippen MR) is 97.9 cm³/mol. The number of hydrogen-bond acceptors (Lipinski definition) is 6. The summed E-state index contributed by atoms with van der Waals surface area (Å²) < 4.78 is 10.3. The Bertz CT molecular complexity index is 815. The molecule has 0 unspecified atom stereocenters. The number of amides is 2. The molecule has 0 aliphatic carbocycles. The van der Waals surface area contributed by atoms with Crippen molar-refractivity contribution in [2.75, 3.05) is 6.61 Å². The van der Waals surface area contributed by atoms with Crippen molar-refractivity contribution in [2.24, 2.45) is 11.8 Å². The maximum Gasteiger partial charge on any atom is 0.416 e. The highest BCUT2D eigenvalue weighted by molar-refractivity contribution is 5.93. The zero-order valence-electron chi connectivity index (χ0n) is 15.7. The number of carbonyl (C=O) groups excluding carboxylic acids is 2. The second-order valence-corrected chi connectivity index (χ2v) is 7.33. The van der Waals surface area contributed by atoms with Crippen molar-refractivity contribution in [2.45, 2.75) is 39.7 Å². The van der Waals surface area contributed by atoms with E-state index in [1.54, 1.807) is 0 Å². The van der Waals surface area contributed by atoms with Crippen LogP contribution in [-0.4, -0.2) is 39.8 Å². The quantitative estimate of drug-likeness (QED) is 0.832. The van der Waals surface area contributed by atoms with E-state index in [1.807, 2.05) is 51.1 Å². The summed E-state index contributed by atoms with van der Waals surface area (Å²) >= 11 is 0. The van der Waals surface area contributed by atoms with Gasteiger partial charge >= 0.3 is 6.09 Å². The summed E-state index contributed by atoms with van der Waals surface area (Å²) in [4.78, 5) is 25.7. The van der Waals surface area contributed by atoms with Crippen LogP contribution >= 0.6 is 0 Å². The summed E-state index contributed by atoms with van der Waals surface area (Å²) in [6, 6.07) is 9.01. The van der Waals surface area contributed by atoms with Crippen LogP contribution in [0, 0.1) is 11.8 Å². The normalized spacial score (nSPS) is 18.0. The van der Waals surface area contributed by atoms with Gasteiger partial charge in [-0.05, 0) is 11.8 Å². The molecule has 1 N–H and O–H groups in total. The lowest BCUT2D eigenvalue weighted by atomic mass is 9.98. The second-order valence-electron chi connectivity index (χ2n) is 7.33. The third-order valence-electron chi connectivity index (χ3n) is 4.78. The molecule has 3 rings (SSSR count). The van der Waals surface area contributed by atoms with Gasteiger partial charge in [-0.3, -0.25) is 4.79 Å². The lowest BCUT2D eigenvalue weighted by Gasteiger charge is -2.23. The van der Waals surface area contributed by atoms with Crippen LogP contribution in [0.15, 0.2) is 34.9 Å². The molecule has 1 aliphatic heterocycles. The number of ether oxygens (including phenoxy) is 1. The molecule has 2 aromatic rings. The van der Waals surface area contributed by atoms with Crippen molar-refractivity contribution < 1.29 is 24.0 Å². The molecule has 7 heteroatoms. The van der Waals surface area contributed by atoms with Gasteiger partial charge in [0.05, 0.1) is 6.04 Å². The fraction of sp³-hybridized carbons (Fsp3) is 0.450. The van der Waals surface area contributed by atoms with Gasteiger partial charge < -0.3 is 14.4 Å². The molecule has 2 heterocycles. The molecule has 2 amide bonds. The average molecular weight is 372 g/mol. The molecule has 7 nitrogen and oxygen atoms in total. The van der Waals surface area contributed by atoms with Crippen molar-refractivity contribution >= 4 is 12.0 Å². The minimum absolute atomic E-state index is 0.0128. The molecule has 1 aromatic heterocycles. The number of rotatable bonds is 6. The number of nitrogens with zero attached hydrogens (tertiary/aromatic N) is 2. The van der Waals surface area contributed by atoms with Gasteiger partial charge in [-0.15, -0.1) is 0 Å². The first-order chi connectivity index (χ1) is 12.9. The van der Waals surface area contributed by atoms with Gasteiger partial charge in [0.1, 0.15) is 6.61 Å². The number of cyclic esters (lactones) is 1. The molecular weight excluding hydrogens is 348 g/mol. The fourth-order valence-electron chi connectivity index (χ4n) is 3.24. The molecular formula is C20H24N2O5. The number of hydrogen-bond donors (Lipinski definition) is 1. The van der Waals surface area contributed by atoms with Crippen LogP contribution in [0.3, 0.4) is 0 Å². The average Bonchev–Trinajstić information content (AvgIpc) is 3.19. The summed E-state index contributed by atoms with van der Waals surface area (Å²) in [5, 5.41) is 14.4. The van der Waals surface area contributed by atoms with Crippen LogP contribution in [0.25, 0.3) is 11.3 Å². The van der Waals surface area contributed by atoms with E-state index in [-0.39, 0.29) is 42.6 Å². The van der Waals surface area contributed by atoms with E-state index in [4.69, 9.17) is 9.26 Å². The lowest BCUT2D eigenvalue weighted by Crippen LogP contribution is -2.42. The molecule has 1 aliphatic rings. The van der Waals surface area contributed by atoms with E-state index in [1.165, 1.54) is 4.90 Å². The van der Waals surface area contributed by atoms with Gasteiger partial charge in [0.15, 0.2) is 17.2 Å². The number of aromatic hydroxyl groups is 1. The van der Waals surface area contributed by atoms with Crippen LogP contribution < -0.4 is 0 Å². The van der Waals surface area contributed by atoms with Crippen LogP contribution in [0.1, 0.15) is 33.0 Å². The largest absolute Gasteiger partial charge is 0.503 e. The highest BCUT2D eigenvalue weighted by atomic mass is 16.6. The molecule has 2 atom stereocenters. The molecule has 1 aromatic carbocycles. The van der Waals surface area contributed by atoms with Crippen LogP contribution in [0.5, 0.6) is 5.75 Å². The number of carbonyl (C=O) groups is 2. The Morgan fingerprint density at radius 3 is 2.67 bits per heavy atom. The zero-order valence-corrected chi connectivity index (χ0v) is 15.7. The third-order valence-corrected chi connectivity index (χ3v) is 4.78. The third kappa shape index (κ3) is 3.97. The van der Waals surface area contributed by atoms with Crippen molar-refractivity contribution in [1.82, 2.24) is 10.1 Å². The number of imide groups is 1. The van der Waals surface area contributed by atoms with Gasteiger partial charge in [0.2, 0.25) is 5.91 Å². The minimum atomic E-state index is -0.584. The van der Waals surface area contributed by atoms with E-state index < -0.39 is 6.09 Å². The topological polar surface area (TPSA) is 92.9 Å². The van der Waals surface area contributed by atoms with Gasteiger partial charge in [-0.2, -0.15) is 0 Å². The molecule has 144 valence electrons. The summed E-state index contributed by atoms with van der Waals surface area (Å²) in [5.74, 6) is 0.0364. The van der Waals surface area contributed by atoms with Gasteiger partial charge in [-0.1, -0.05) is 56.3 Å². The van der Waals surface area contributed by atoms with Gasteiger partial charge in [0.25, 0.3) is 0 Å². The predicted octanol–water partition coefficient (Wildman–Crippen LogP) is 3.62.